The molecule has 216 valence electrons. The van der Waals surface area contributed by atoms with Gasteiger partial charge in [-0.05, 0) is 53.3 Å². The monoisotopic (exact) mass is 588 g/mol. The summed E-state index contributed by atoms with van der Waals surface area (Å²) in [5.41, 5.74) is 2.64. The van der Waals surface area contributed by atoms with Crippen LogP contribution in [-0.4, -0.2) is 65.3 Å². The molecule has 0 bridgehead atoms. The van der Waals surface area contributed by atoms with E-state index >= 15 is 0 Å². The van der Waals surface area contributed by atoms with Crippen molar-refractivity contribution in [2.45, 2.75) is 57.5 Å². The largest absolute Gasteiger partial charge is 0.487 e. The number of hydrogen-bond acceptors (Lipinski definition) is 9. The van der Waals surface area contributed by atoms with Crippen molar-refractivity contribution in [3.05, 3.63) is 53.8 Å². The van der Waals surface area contributed by atoms with Crippen LogP contribution in [0.5, 0.6) is 5.75 Å². The zero-order valence-electron chi connectivity index (χ0n) is 22.1. The minimum absolute atomic E-state index is 0.178. The van der Waals surface area contributed by atoms with Crippen LogP contribution in [0.1, 0.15) is 37.9 Å². The average Bonchev–Trinajstić information content (AvgIpc) is 3.52. The molecule has 1 aliphatic heterocycles. The zero-order valence-corrected chi connectivity index (χ0v) is 22.9. The molecule has 1 aromatic carbocycles. The third kappa shape index (κ3) is 6.27. The number of nitrogens with zero attached hydrogens (tertiary/aromatic N) is 8. The van der Waals surface area contributed by atoms with Crippen LogP contribution in [0.15, 0.2) is 43.1 Å². The minimum atomic E-state index is -4.27. The second kappa shape index (κ2) is 10.9. The summed E-state index contributed by atoms with van der Waals surface area (Å²) >= 11 is 6.36. The van der Waals surface area contributed by atoms with Crippen molar-refractivity contribution in [2.75, 3.05) is 18.4 Å². The summed E-state index contributed by atoms with van der Waals surface area (Å²) in [6.07, 6.45) is 2.76. The fourth-order valence-corrected chi connectivity index (χ4v) is 5.44. The van der Waals surface area contributed by atoms with Crippen molar-refractivity contribution < 1.29 is 17.9 Å². The molecule has 2 aliphatic rings. The number of ether oxygens (including phenoxy) is 1. The molecular formula is C26H28ClF3N10O. The van der Waals surface area contributed by atoms with Gasteiger partial charge in [0.05, 0.1) is 29.0 Å². The molecule has 4 aromatic rings. The van der Waals surface area contributed by atoms with Crippen LogP contribution in [0, 0.1) is 5.41 Å². The third-order valence-corrected chi connectivity index (χ3v) is 7.80. The maximum absolute atomic E-state index is 13.0. The van der Waals surface area contributed by atoms with E-state index in [1.54, 1.807) is 40.1 Å². The molecule has 1 atom stereocenters. The number of halogens is 4. The van der Waals surface area contributed by atoms with Crippen molar-refractivity contribution in [1.29, 1.82) is 0 Å². The molecule has 41 heavy (non-hydrogen) atoms. The van der Waals surface area contributed by atoms with Gasteiger partial charge in [-0.1, -0.05) is 17.7 Å². The van der Waals surface area contributed by atoms with Crippen LogP contribution < -0.4 is 15.4 Å². The predicted octanol–water partition coefficient (Wildman–Crippen LogP) is 4.61. The molecule has 1 saturated heterocycles. The lowest BCUT2D eigenvalue weighted by Gasteiger charge is -2.54. The molecule has 2 N–H and O–H groups in total. The van der Waals surface area contributed by atoms with Crippen molar-refractivity contribution in [3.8, 4) is 16.9 Å². The van der Waals surface area contributed by atoms with Gasteiger partial charge < -0.3 is 15.4 Å². The second-order valence-corrected chi connectivity index (χ2v) is 11.2. The van der Waals surface area contributed by atoms with E-state index in [4.69, 9.17) is 16.3 Å². The molecule has 6 rings (SSSR count). The lowest BCUT2D eigenvalue weighted by atomic mass is 9.62. The average molecular weight is 589 g/mol. The number of alkyl halides is 3. The Morgan fingerprint density at radius 3 is 2.63 bits per heavy atom. The summed E-state index contributed by atoms with van der Waals surface area (Å²) in [5.74, 6) is 0.749. The van der Waals surface area contributed by atoms with Crippen molar-refractivity contribution in [3.63, 3.8) is 0 Å². The first kappa shape index (κ1) is 27.4. The van der Waals surface area contributed by atoms with E-state index in [1.807, 2.05) is 13.0 Å². The molecule has 1 aliphatic carbocycles. The maximum Gasteiger partial charge on any atom is 0.389 e. The highest BCUT2D eigenvalue weighted by Crippen LogP contribution is 2.51. The summed E-state index contributed by atoms with van der Waals surface area (Å²) in [6, 6.07) is 5.53. The second-order valence-electron chi connectivity index (χ2n) is 10.8. The quantitative estimate of drug-likeness (QED) is 0.273. The van der Waals surface area contributed by atoms with Gasteiger partial charge in [0.25, 0.3) is 0 Å². The van der Waals surface area contributed by atoms with Crippen LogP contribution in [0.3, 0.4) is 0 Å². The normalized spacial score (nSPS) is 17.2. The fraction of sp³-hybridized carbons (Fsp3) is 0.462. The van der Waals surface area contributed by atoms with Gasteiger partial charge in [0.2, 0.25) is 5.95 Å². The molecule has 0 amide bonds. The Kier molecular flexibility index (Phi) is 7.28. The fourth-order valence-electron chi connectivity index (χ4n) is 5.28. The van der Waals surface area contributed by atoms with Crippen LogP contribution in [0.2, 0.25) is 5.02 Å². The molecule has 4 heterocycles. The number of nitrogens with one attached hydrogen (secondary N) is 2. The van der Waals surface area contributed by atoms with Gasteiger partial charge >= 0.3 is 6.18 Å². The van der Waals surface area contributed by atoms with Gasteiger partial charge in [-0.2, -0.15) is 18.3 Å². The van der Waals surface area contributed by atoms with E-state index in [0.29, 0.717) is 39.7 Å². The number of tetrazole rings is 1. The first-order chi connectivity index (χ1) is 19.6. The Morgan fingerprint density at radius 2 is 1.98 bits per heavy atom. The number of hydrogen-bond donors (Lipinski definition) is 2. The summed E-state index contributed by atoms with van der Waals surface area (Å²) in [5, 5.41) is 22.4. The molecule has 2 fully saturated rings. The third-order valence-electron chi connectivity index (χ3n) is 7.49. The van der Waals surface area contributed by atoms with Crippen LogP contribution in [0.4, 0.5) is 24.8 Å². The lowest BCUT2D eigenvalue weighted by Crippen LogP contribution is -2.60. The van der Waals surface area contributed by atoms with Crippen molar-refractivity contribution in [1.82, 2.24) is 45.3 Å². The molecule has 3 aromatic heterocycles. The topological polar surface area (TPSA) is 120 Å². The van der Waals surface area contributed by atoms with Crippen molar-refractivity contribution in [2.24, 2.45) is 5.41 Å². The first-order valence-electron chi connectivity index (χ1n) is 13.3. The summed E-state index contributed by atoms with van der Waals surface area (Å²) in [6.45, 7) is 4.29. The van der Waals surface area contributed by atoms with E-state index in [0.717, 1.165) is 31.5 Å². The van der Waals surface area contributed by atoms with E-state index in [-0.39, 0.29) is 24.5 Å². The Balaban J connectivity index is 1.15. The standard InChI is InChI=1S/C26H28ClF3N10O/c1-16(11-39-15-34-37-38-39)41-23-6-17(2-3-20(23)27)18-9-32-24(33-10-18)35-22-12-40(19-7-25(8-19)13-31-14-25)36-21(22)4-5-26(28,29)30/h2-3,6,9-10,12,15-16,19,31H,4-5,7-8,11,13-14H2,1H3,(H,32,33,35)/t16-/m0/s1. The van der Waals surface area contributed by atoms with Gasteiger partial charge in [0, 0.05) is 50.1 Å². The van der Waals surface area contributed by atoms with Crippen LogP contribution in [-0.2, 0) is 13.0 Å². The Hall–Kier alpha value is -3.78. The van der Waals surface area contributed by atoms with Crippen LogP contribution >= 0.6 is 11.6 Å². The molecule has 0 radical (unpaired) electrons. The minimum Gasteiger partial charge on any atom is -0.487 e. The Bertz CT molecular complexity index is 1480. The molecular weight excluding hydrogens is 561 g/mol. The number of benzene rings is 1. The van der Waals surface area contributed by atoms with E-state index in [2.05, 4.69) is 41.2 Å². The molecule has 1 spiro atoms. The molecule has 15 heteroatoms. The molecule has 0 unspecified atom stereocenters. The number of rotatable bonds is 10. The van der Waals surface area contributed by atoms with Gasteiger partial charge in [-0.15, -0.1) is 5.10 Å². The van der Waals surface area contributed by atoms with Gasteiger partial charge in [0.1, 0.15) is 18.2 Å². The van der Waals surface area contributed by atoms with Gasteiger partial charge in [0.15, 0.2) is 0 Å². The lowest BCUT2D eigenvalue weighted by molar-refractivity contribution is -0.134. The van der Waals surface area contributed by atoms with Crippen molar-refractivity contribution >= 4 is 23.2 Å². The van der Waals surface area contributed by atoms with Gasteiger partial charge in [-0.25, -0.2) is 14.6 Å². The number of aromatic nitrogens is 8. The predicted molar refractivity (Wildman–Crippen MR) is 144 cm³/mol. The van der Waals surface area contributed by atoms with Crippen LogP contribution in [0.25, 0.3) is 11.1 Å². The summed E-state index contributed by atoms with van der Waals surface area (Å²) < 4.78 is 48.4. The van der Waals surface area contributed by atoms with E-state index < -0.39 is 12.6 Å². The smallest absolute Gasteiger partial charge is 0.389 e. The summed E-state index contributed by atoms with van der Waals surface area (Å²) in [7, 11) is 0. The molecule has 11 nitrogen and oxygen atoms in total. The van der Waals surface area contributed by atoms with E-state index in [1.165, 1.54) is 6.33 Å². The number of anilines is 2. The first-order valence-corrected chi connectivity index (χ1v) is 13.6. The summed E-state index contributed by atoms with van der Waals surface area (Å²) in [4.78, 5) is 8.82. The number of aryl methyl sites for hydroxylation is 1. The Morgan fingerprint density at radius 1 is 1.20 bits per heavy atom. The van der Waals surface area contributed by atoms with E-state index in [9.17, 15) is 13.2 Å². The highest BCUT2D eigenvalue weighted by atomic mass is 35.5. The SMILES string of the molecule is C[C@@H](Cn1cnnn1)Oc1cc(-c2cnc(Nc3cn(C4CC5(CNC5)C4)nc3CCC(F)(F)F)nc2)ccc1Cl. The van der Waals surface area contributed by atoms with Gasteiger partial charge in [-0.3, -0.25) is 4.68 Å². The maximum atomic E-state index is 13.0. The highest BCUT2D eigenvalue weighted by Gasteiger charge is 2.49. The molecule has 1 saturated carbocycles. The highest BCUT2D eigenvalue weighted by molar-refractivity contribution is 6.32. The Labute approximate surface area is 238 Å². The zero-order chi connectivity index (χ0) is 28.6.